The molecule has 0 aromatic rings. The number of nitrogens with two attached hydrogens (primary N) is 1. The van der Waals surface area contributed by atoms with E-state index in [1.165, 1.54) is 12.8 Å². The fourth-order valence-corrected chi connectivity index (χ4v) is 1.75. The lowest BCUT2D eigenvalue weighted by Crippen LogP contribution is -2.60. The van der Waals surface area contributed by atoms with Crippen LogP contribution in [-0.2, 0) is 4.74 Å². The predicted octanol–water partition coefficient (Wildman–Crippen LogP) is 0.124. The third-order valence-electron chi connectivity index (χ3n) is 2.13. The molecule has 0 atom stereocenters. The summed E-state index contributed by atoms with van der Waals surface area (Å²) < 4.78 is 5.21. The minimum atomic E-state index is 0.100. The van der Waals surface area contributed by atoms with E-state index in [0.29, 0.717) is 0 Å². The van der Waals surface area contributed by atoms with E-state index in [-0.39, 0.29) is 5.54 Å². The second-order valence-electron chi connectivity index (χ2n) is 3.15. The Morgan fingerprint density at radius 2 is 2.25 bits per heavy atom. The molecule has 0 amide bonds. The first kappa shape index (κ1) is 4.77. The summed E-state index contributed by atoms with van der Waals surface area (Å²) in [5.74, 6) is 0.800. The zero-order valence-corrected chi connectivity index (χ0v) is 4.89. The second-order valence-corrected chi connectivity index (χ2v) is 3.15. The summed E-state index contributed by atoms with van der Waals surface area (Å²) in [4.78, 5) is 0. The van der Waals surface area contributed by atoms with Gasteiger partial charge < -0.3 is 10.5 Å². The Bertz CT molecular complexity index is 102. The zero-order chi connectivity index (χ0) is 5.61. The average Bonchev–Trinajstić information content (AvgIpc) is 1.63. The van der Waals surface area contributed by atoms with Crippen molar-refractivity contribution in [1.82, 2.24) is 0 Å². The molecule has 2 bridgehead atoms. The van der Waals surface area contributed by atoms with E-state index in [0.717, 1.165) is 19.1 Å². The van der Waals surface area contributed by atoms with Crippen LogP contribution in [0, 0.1) is 5.92 Å². The minimum absolute atomic E-state index is 0.100. The van der Waals surface area contributed by atoms with Gasteiger partial charge in [-0.2, -0.15) is 0 Å². The van der Waals surface area contributed by atoms with E-state index in [2.05, 4.69) is 0 Å². The van der Waals surface area contributed by atoms with Crippen molar-refractivity contribution in [3.8, 4) is 0 Å². The molecular formula is C6H11NO. The van der Waals surface area contributed by atoms with Crippen molar-refractivity contribution in [3.63, 3.8) is 0 Å². The van der Waals surface area contributed by atoms with Crippen LogP contribution in [-0.4, -0.2) is 18.8 Å². The molecule has 2 heterocycles. The normalized spacial score (nSPS) is 52.9. The number of rotatable bonds is 0. The van der Waals surface area contributed by atoms with Crippen molar-refractivity contribution in [2.24, 2.45) is 11.7 Å². The van der Waals surface area contributed by atoms with Gasteiger partial charge in [0, 0.05) is 12.1 Å². The molecule has 0 aromatic heterocycles. The molecule has 0 unspecified atom stereocenters. The second kappa shape index (κ2) is 1.25. The first-order chi connectivity index (χ1) is 3.79. The first-order valence-corrected chi connectivity index (χ1v) is 3.15. The van der Waals surface area contributed by atoms with Crippen LogP contribution in [0.2, 0.25) is 0 Å². The Kier molecular flexibility index (Phi) is 0.746. The van der Waals surface area contributed by atoms with Crippen molar-refractivity contribution >= 4 is 0 Å². The van der Waals surface area contributed by atoms with Gasteiger partial charge >= 0.3 is 0 Å². The van der Waals surface area contributed by atoms with E-state index < -0.39 is 0 Å². The molecule has 2 aliphatic heterocycles. The Labute approximate surface area is 49.0 Å². The van der Waals surface area contributed by atoms with Crippen LogP contribution >= 0.6 is 0 Å². The van der Waals surface area contributed by atoms with Crippen LogP contribution in [0.3, 0.4) is 0 Å². The van der Waals surface area contributed by atoms with E-state index >= 15 is 0 Å². The summed E-state index contributed by atoms with van der Waals surface area (Å²) >= 11 is 0. The Hall–Kier alpha value is -0.0800. The van der Waals surface area contributed by atoms with Crippen LogP contribution in [0.4, 0.5) is 0 Å². The van der Waals surface area contributed by atoms with Crippen molar-refractivity contribution in [2.75, 3.05) is 13.2 Å². The molecule has 46 valence electrons. The fourth-order valence-electron chi connectivity index (χ4n) is 1.75. The van der Waals surface area contributed by atoms with Gasteiger partial charge in [-0.3, -0.25) is 0 Å². The van der Waals surface area contributed by atoms with Gasteiger partial charge in [0.15, 0.2) is 0 Å². The van der Waals surface area contributed by atoms with E-state index in [1.807, 2.05) is 0 Å². The molecule has 2 nitrogen and oxygen atoms in total. The van der Waals surface area contributed by atoms with Gasteiger partial charge in [0.2, 0.25) is 0 Å². The minimum Gasteiger partial charge on any atom is -0.379 e. The van der Waals surface area contributed by atoms with E-state index in [1.54, 1.807) is 0 Å². The van der Waals surface area contributed by atoms with Gasteiger partial charge in [0.05, 0.1) is 6.61 Å². The maximum Gasteiger partial charge on any atom is 0.0646 e. The van der Waals surface area contributed by atoms with Crippen molar-refractivity contribution in [2.45, 2.75) is 18.4 Å². The number of hydrogen-bond acceptors (Lipinski definition) is 2. The molecule has 8 heavy (non-hydrogen) atoms. The predicted molar refractivity (Wildman–Crippen MR) is 30.5 cm³/mol. The third-order valence-corrected chi connectivity index (χ3v) is 2.13. The van der Waals surface area contributed by atoms with Gasteiger partial charge in [0.25, 0.3) is 0 Å². The maximum atomic E-state index is 5.82. The van der Waals surface area contributed by atoms with Gasteiger partial charge in [0.1, 0.15) is 0 Å². The Balaban J connectivity index is 2.06. The highest BCUT2D eigenvalue weighted by Crippen LogP contribution is 2.39. The molecule has 0 radical (unpaired) electrons. The van der Waals surface area contributed by atoms with Crippen molar-refractivity contribution in [1.29, 1.82) is 0 Å². The molecule has 3 aliphatic rings. The lowest BCUT2D eigenvalue weighted by atomic mass is 9.68. The van der Waals surface area contributed by atoms with Crippen LogP contribution in [0.1, 0.15) is 12.8 Å². The molecular weight excluding hydrogens is 102 g/mol. The molecule has 0 aromatic carbocycles. The summed E-state index contributed by atoms with van der Waals surface area (Å²) in [5.41, 5.74) is 5.92. The number of hydrogen-bond donors (Lipinski definition) is 1. The van der Waals surface area contributed by atoms with Gasteiger partial charge in [-0.05, 0) is 18.8 Å². The van der Waals surface area contributed by atoms with Crippen LogP contribution in [0.5, 0.6) is 0 Å². The third kappa shape index (κ3) is 0.501. The molecule has 3 fully saturated rings. The maximum absolute atomic E-state index is 5.82. The molecule has 2 N–H and O–H groups in total. The summed E-state index contributed by atoms with van der Waals surface area (Å²) in [7, 11) is 0. The lowest BCUT2D eigenvalue weighted by molar-refractivity contribution is -0.0782. The SMILES string of the molecule is NC12COCC(C1)C2. The van der Waals surface area contributed by atoms with Crippen LogP contribution in [0.15, 0.2) is 0 Å². The highest BCUT2D eigenvalue weighted by Gasteiger charge is 2.44. The van der Waals surface area contributed by atoms with Crippen molar-refractivity contribution < 1.29 is 4.74 Å². The van der Waals surface area contributed by atoms with E-state index in [9.17, 15) is 0 Å². The molecule has 2 saturated heterocycles. The van der Waals surface area contributed by atoms with Crippen molar-refractivity contribution in [3.05, 3.63) is 0 Å². The highest BCUT2D eigenvalue weighted by atomic mass is 16.5. The zero-order valence-electron chi connectivity index (χ0n) is 4.89. The van der Waals surface area contributed by atoms with Gasteiger partial charge in [-0.25, -0.2) is 0 Å². The first-order valence-electron chi connectivity index (χ1n) is 3.15. The van der Waals surface area contributed by atoms with Gasteiger partial charge in [-0.1, -0.05) is 0 Å². The Morgan fingerprint density at radius 3 is 2.50 bits per heavy atom. The largest absolute Gasteiger partial charge is 0.379 e. The molecule has 0 spiro atoms. The summed E-state index contributed by atoms with van der Waals surface area (Å²) in [5, 5.41) is 0. The lowest BCUT2D eigenvalue weighted by Gasteiger charge is -2.49. The smallest absolute Gasteiger partial charge is 0.0646 e. The summed E-state index contributed by atoms with van der Waals surface area (Å²) in [6.45, 7) is 1.75. The number of fused-ring (bicyclic) bond motifs is 2. The molecule has 3 rings (SSSR count). The number of ether oxygens (including phenoxy) is 1. The molecule has 1 aliphatic carbocycles. The quantitative estimate of drug-likeness (QED) is 0.484. The summed E-state index contributed by atoms with van der Waals surface area (Å²) in [6.07, 6.45) is 2.40. The standard InChI is InChI=1S/C6H11NO/c7-6-1-5(2-6)3-8-4-6/h5H,1-4,7H2. The monoisotopic (exact) mass is 113 g/mol. The van der Waals surface area contributed by atoms with Crippen LogP contribution in [0.25, 0.3) is 0 Å². The summed E-state index contributed by atoms with van der Waals surface area (Å²) in [6, 6.07) is 0. The molecule has 1 saturated carbocycles. The fraction of sp³-hybridized carbons (Fsp3) is 1.00. The van der Waals surface area contributed by atoms with Crippen LogP contribution < -0.4 is 5.73 Å². The van der Waals surface area contributed by atoms with Gasteiger partial charge in [-0.15, -0.1) is 0 Å². The Morgan fingerprint density at radius 1 is 1.50 bits per heavy atom. The average molecular weight is 113 g/mol. The topological polar surface area (TPSA) is 35.2 Å². The van der Waals surface area contributed by atoms with E-state index in [4.69, 9.17) is 10.5 Å². The molecule has 2 heteroatoms. The highest BCUT2D eigenvalue weighted by molar-refractivity contribution is 5.01.